The summed E-state index contributed by atoms with van der Waals surface area (Å²) in [4.78, 5) is 2.09. The lowest BCUT2D eigenvalue weighted by atomic mass is 10.1. The van der Waals surface area contributed by atoms with Gasteiger partial charge in [0.05, 0.1) is 12.7 Å². The second-order valence-electron chi connectivity index (χ2n) is 6.15. The number of benzene rings is 1. The van der Waals surface area contributed by atoms with Crippen molar-refractivity contribution >= 4 is 5.69 Å². The minimum Gasteiger partial charge on any atom is -0.389 e. The lowest BCUT2D eigenvalue weighted by Crippen LogP contribution is -2.33. The molecule has 0 saturated heterocycles. The molecule has 0 saturated carbocycles. The summed E-state index contributed by atoms with van der Waals surface area (Å²) in [5, 5.41) is 13.4. The van der Waals surface area contributed by atoms with Crippen LogP contribution in [-0.2, 0) is 11.3 Å². The summed E-state index contributed by atoms with van der Waals surface area (Å²) in [7, 11) is 3.62. The van der Waals surface area contributed by atoms with Crippen LogP contribution in [0.25, 0.3) is 0 Å². The summed E-state index contributed by atoms with van der Waals surface area (Å²) in [6, 6.07) is 6.45. The number of ether oxygens (including phenoxy) is 1. The van der Waals surface area contributed by atoms with Gasteiger partial charge in [0.25, 0.3) is 0 Å². The number of aryl methyl sites for hydroxylation is 1. The molecule has 0 bridgehead atoms. The van der Waals surface area contributed by atoms with Crippen molar-refractivity contribution in [3.8, 4) is 0 Å². The first kappa shape index (κ1) is 18.0. The van der Waals surface area contributed by atoms with Gasteiger partial charge in [0.1, 0.15) is 0 Å². The first-order valence-corrected chi connectivity index (χ1v) is 7.62. The summed E-state index contributed by atoms with van der Waals surface area (Å²) in [5.74, 6) is 0.638. The number of hydrogen-bond donors (Lipinski definition) is 2. The molecule has 0 aliphatic heterocycles. The monoisotopic (exact) mass is 294 g/mol. The molecule has 4 nitrogen and oxygen atoms in total. The number of nitrogens with zero attached hydrogens (tertiary/aromatic N) is 1. The van der Waals surface area contributed by atoms with Gasteiger partial charge in [-0.05, 0) is 31.0 Å². The van der Waals surface area contributed by atoms with Crippen molar-refractivity contribution in [1.29, 1.82) is 0 Å². The number of aliphatic hydroxyl groups is 1. The lowest BCUT2D eigenvalue weighted by Gasteiger charge is -2.25. The van der Waals surface area contributed by atoms with Gasteiger partial charge in [-0.2, -0.15) is 0 Å². The van der Waals surface area contributed by atoms with E-state index in [-0.39, 0.29) is 0 Å². The van der Waals surface area contributed by atoms with Crippen molar-refractivity contribution in [2.75, 3.05) is 38.8 Å². The van der Waals surface area contributed by atoms with Gasteiger partial charge in [0.2, 0.25) is 0 Å². The summed E-state index contributed by atoms with van der Waals surface area (Å²) in [6.07, 6.45) is -0.474. The maximum Gasteiger partial charge on any atom is 0.0947 e. The van der Waals surface area contributed by atoms with Crippen molar-refractivity contribution < 1.29 is 9.84 Å². The zero-order valence-electron chi connectivity index (χ0n) is 14.0. The number of anilines is 1. The summed E-state index contributed by atoms with van der Waals surface area (Å²) in [5.41, 5.74) is 3.68. The topological polar surface area (TPSA) is 44.7 Å². The number of likely N-dealkylation sites (N-methyl/N-ethyl adjacent to an activating group) is 1. The van der Waals surface area contributed by atoms with Crippen molar-refractivity contribution in [2.24, 2.45) is 5.92 Å². The summed E-state index contributed by atoms with van der Waals surface area (Å²) >= 11 is 0. The van der Waals surface area contributed by atoms with Gasteiger partial charge in [-0.15, -0.1) is 0 Å². The zero-order chi connectivity index (χ0) is 15.8. The Morgan fingerprint density at radius 1 is 1.33 bits per heavy atom. The fraction of sp³-hybridized carbons (Fsp3) is 0.647. The Morgan fingerprint density at radius 3 is 2.67 bits per heavy atom. The van der Waals surface area contributed by atoms with E-state index in [2.05, 4.69) is 49.2 Å². The van der Waals surface area contributed by atoms with Crippen molar-refractivity contribution in [3.05, 3.63) is 29.3 Å². The molecule has 0 fully saturated rings. The number of aliphatic hydroxyl groups excluding tert-OH is 1. The van der Waals surface area contributed by atoms with Crippen LogP contribution >= 0.6 is 0 Å². The van der Waals surface area contributed by atoms with Crippen molar-refractivity contribution in [1.82, 2.24) is 5.32 Å². The number of methoxy groups -OCH3 is 1. The van der Waals surface area contributed by atoms with Crippen LogP contribution in [0, 0.1) is 12.8 Å². The van der Waals surface area contributed by atoms with Crippen LogP contribution in [0.15, 0.2) is 18.2 Å². The standard InChI is InChI=1S/C17H30N2O2/c1-13(2)9-18-10-15-8-14(3)6-7-17(15)19(4)11-16(20)12-21-5/h6-8,13,16,18,20H,9-12H2,1-5H3. The molecular weight excluding hydrogens is 264 g/mol. The van der Waals surface area contributed by atoms with Crippen LogP contribution in [0.2, 0.25) is 0 Å². The van der Waals surface area contributed by atoms with Crippen LogP contribution in [0.4, 0.5) is 5.69 Å². The van der Waals surface area contributed by atoms with Gasteiger partial charge >= 0.3 is 0 Å². The molecule has 4 heteroatoms. The van der Waals surface area contributed by atoms with E-state index in [9.17, 15) is 5.11 Å². The Balaban J connectivity index is 2.75. The molecule has 1 rings (SSSR count). The summed E-state index contributed by atoms with van der Waals surface area (Å²) < 4.78 is 4.99. The predicted molar refractivity (Wildman–Crippen MR) is 88.9 cm³/mol. The molecule has 1 atom stereocenters. The molecule has 21 heavy (non-hydrogen) atoms. The van der Waals surface area contributed by atoms with E-state index in [0.717, 1.165) is 18.8 Å². The largest absolute Gasteiger partial charge is 0.389 e. The molecule has 0 aliphatic carbocycles. The third-order valence-corrected chi connectivity index (χ3v) is 3.36. The second-order valence-corrected chi connectivity index (χ2v) is 6.15. The number of rotatable bonds is 9. The molecule has 0 radical (unpaired) electrons. The SMILES string of the molecule is COCC(O)CN(C)c1ccc(C)cc1CNCC(C)C. The molecule has 0 aromatic heterocycles. The molecule has 120 valence electrons. The second kappa shape index (κ2) is 9.03. The van der Waals surface area contributed by atoms with Crippen LogP contribution in [0.3, 0.4) is 0 Å². The maximum atomic E-state index is 9.89. The van der Waals surface area contributed by atoms with Crippen LogP contribution in [0.5, 0.6) is 0 Å². The Hall–Kier alpha value is -1.10. The smallest absolute Gasteiger partial charge is 0.0947 e. The Morgan fingerprint density at radius 2 is 2.05 bits per heavy atom. The van der Waals surface area contributed by atoms with Gasteiger partial charge in [0, 0.05) is 32.9 Å². The van der Waals surface area contributed by atoms with E-state index in [4.69, 9.17) is 4.74 Å². The first-order chi connectivity index (χ1) is 9.93. The van der Waals surface area contributed by atoms with Gasteiger partial charge in [0.15, 0.2) is 0 Å². The molecule has 1 aromatic carbocycles. The highest BCUT2D eigenvalue weighted by molar-refractivity contribution is 5.54. The Bertz CT molecular complexity index is 421. The molecule has 0 spiro atoms. The third-order valence-electron chi connectivity index (χ3n) is 3.36. The van der Waals surface area contributed by atoms with E-state index in [1.54, 1.807) is 7.11 Å². The molecule has 1 aromatic rings. The molecule has 0 amide bonds. The van der Waals surface area contributed by atoms with E-state index < -0.39 is 6.10 Å². The fourth-order valence-electron chi connectivity index (χ4n) is 2.38. The molecule has 0 heterocycles. The molecule has 1 unspecified atom stereocenters. The van der Waals surface area contributed by atoms with Crippen LogP contribution in [-0.4, -0.2) is 45.1 Å². The van der Waals surface area contributed by atoms with E-state index >= 15 is 0 Å². The van der Waals surface area contributed by atoms with Gasteiger partial charge in [-0.3, -0.25) is 0 Å². The Kier molecular flexibility index (Phi) is 7.72. The highest BCUT2D eigenvalue weighted by Crippen LogP contribution is 2.21. The number of hydrogen-bond acceptors (Lipinski definition) is 4. The average molecular weight is 294 g/mol. The van der Waals surface area contributed by atoms with Crippen LogP contribution < -0.4 is 10.2 Å². The van der Waals surface area contributed by atoms with Crippen molar-refractivity contribution in [3.63, 3.8) is 0 Å². The molecule has 2 N–H and O–H groups in total. The first-order valence-electron chi connectivity index (χ1n) is 7.62. The third kappa shape index (κ3) is 6.46. The maximum absolute atomic E-state index is 9.89. The minimum atomic E-state index is -0.474. The Labute approximate surface area is 129 Å². The average Bonchev–Trinajstić information content (AvgIpc) is 2.38. The molecular formula is C17H30N2O2. The van der Waals surface area contributed by atoms with Gasteiger partial charge in [-0.1, -0.05) is 31.5 Å². The molecule has 0 aliphatic rings. The highest BCUT2D eigenvalue weighted by Gasteiger charge is 2.12. The fourth-order valence-corrected chi connectivity index (χ4v) is 2.38. The van der Waals surface area contributed by atoms with E-state index in [1.807, 2.05) is 7.05 Å². The van der Waals surface area contributed by atoms with E-state index in [1.165, 1.54) is 11.1 Å². The minimum absolute atomic E-state index is 0.358. The quantitative estimate of drug-likeness (QED) is 0.733. The highest BCUT2D eigenvalue weighted by atomic mass is 16.5. The van der Waals surface area contributed by atoms with Crippen LogP contribution in [0.1, 0.15) is 25.0 Å². The number of nitrogens with one attached hydrogen (secondary N) is 1. The van der Waals surface area contributed by atoms with Gasteiger partial charge in [-0.25, -0.2) is 0 Å². The zero-order valence-corrected chi connectivity index (χ0v) is 14.0. The van der Waals surface area contributed by atoms with Crippen molar-refractivity contribution in [2.45, 2.75) is 33.4 Å². The summed E-state index contributed by atoms with van der Waals surface area (Å²) in [6.45, 7) is 9.29. The van der Waals surface area contributed by atoms with Gasteiger partial charge < -0.3 is 20.1 Å². The lowest BCUT2D eigenvalue weighted by molar-refractivity contribution is 0.0695. The van der Waals surface area contributed by atoms with E-state index in [0.29, 0.717) is 19.1 Å². The predicted octanol–water partition coefficient (Wildman–Crippen LogP) is 2.18. The normalized spacial score (nSPS) is 12.7.